The number of hydrazine groups is 1. The van der Waals surface area contributed by atoms with Gasteiger partial charge in [-0.25, -0.2) is 5.43 Å². The van der Waals surface area contributed by atoms with E-state index in [1.165, 1.54) is 22.3 Å². The molecule has 0 bridgehead atoms. The maximum absolute atomic E-state index is 5.72. The zero-order chi connectivity index (χ0) is 13.1. The first-order valence-electron chi connectivity index (χ1n) is 6.07. The van der Waals surface area contributed by atoms with Crippen LogP contribution in [0, 0.1) is 20.8 Å². The summed E-state index contributed by atoms with van der Waals surface area (Å²) < 4.78 is 0. The first-order chi connectivity index (χ1) is 8.61. The Morgan fingerprint density at radius 1 is 1.06 bits per heavy atom. The van der Waals surface area contributed by atoms with Crippen molar-refractivity contribution in [1.29, 1.82) is 0 Å². The topological polar surface area (TPSA) is 50.9 Å². The van der Waals surface area contributed by atoms with Crippen LogP contribution in [0.5, 0.6) is 0 Å². The van der Waals surface area contributed by atoms with Crippen LogP contribution in [-0.4, -0.2) is 4.98 Å². The number of rotatable bonds is 3. The molecule has 0 amide bonds. The Morgan fingerprint density at radius 2 is 1.78 bits per heavy atom. The van der Waals surface area contributed by atoms with Crippen molar-refractivity contribution in [3.8, 4) is 0 Å². The number of nitrogens with one attached hydrogen (secondary N) is 1. The molecule has 1 unspecified atom stereocenters. The van der Waals surface area contributed by atoms with Crippen molar-refractivity contribution in [2.24, 2.45) is 5.84 Å². The number of aromatic nitrogens is 1. The van der Waals surface area contributed by atoms with Crippen LogP contribution in [-0.2, 0) is 0 Å². The zero-order valence-electron chi connectivity index (χ0n) is 11.1. The van der Waals surface area contributed by atoms with Gasteiger partial charge in [0.15, 0.2) is 0 Å². The van der Waals surface area contributed by atoms with Gasteiger partial charge in [0.05, 0.1) is 11.7 Å². The van der Waals surface area contributed by atoms with E-state index in [1.54, 1.807) is 0 Å². The highest BCUT2D eigenvalue weighted by molar-refractivity contribution is 5.37. The van der Waals surface area contributed by atoms with Crippen LogP contribution in [0.25, 0.3) is 0 Å². The summed E-state index contributed by atoms with van der Waals surface area (Å²) in [5.74, 6) is 5.72. The summed E-state index contributed by atoms with van der Waals surface area (Å²) in [6.07, 6.45) is 1.82. The van der Waals surface area contributed by atoms with Crippen molar-refractivity contribution in [2.45, 2.75) is 26.8 Å². The van der Waals surface area contributed by atoms with Crippen LogP contribution >= 0.6 is 0 Å². The van der Waals surface area contributed by atoms with Gasteiger partial charge < -0.3 is 0 Å². The molecule has 1 aromatic heterocycles. The highest BCUT2D eigenvalue weighted by atomic mass is 15.2. The normalized spacial score (nSPS) is 12.4. The summed E-state index contributed by atoms with van der Waals surface area (Å²) in [6.45, 7) is 6.23. The second-order valence-electron chi connectivity index (χ2n) is 4.72. The van der Waals surface area contributed by atoms with Crippen molar-refractivity contribution < 1.29 is 0 Å². The molecule has 0 radical (unpaired) electrons. The fourth-order valence-corrected chi connectivity index (χ4v) is 2.12. The molecule has 0 saturated heterocycles. The van der Waals surface area contributed by atoms with Crippen LogP contribution in [0.1, 0.15) is 34.0 Å². The van der Waals surface area contributed by atoms with Gasteiger partial charge >= 0.3 is 0 Å². The Labute approximate surface area is 108 Å². The largest absolute Gasteiger partial charge is 0.271 e. The summed E-state index contributed by atoms with van der Waals surface area (Å²) in [5, 5.41) is 0. The molecule has 1 atom stereocenters. The SMILES string of the molecule is Cc1ccnc(C(NN)c2cc(C)ccc2C)c1. The third kappa shape index (κ3) is 2.58. The molecule has 2 rings (SSSR count). The van der Waals surface area contributed by atoms with E-state index >= 15 is 0 Å². The number of hydrogen-bond acceptors (Lipinski definition) is 3. The summed E-state index contributed by atoms with van der Waals surface area (Å²) in [6, 6.07) is 10.4. The molecular weight excluding hydrogens is 222 g/mol. The van der Waals surface area contributed by atoms with Gasteiger partial charge in [0.2, 0.25) is 0 Å². The lowest BCUT2D eigenvalue weighted by atomic mass is 9.96. The van der Waals surface area contributed by atoms with E-state index in [9.17, 15) is 0 Å². The van der Waals surface area contributed by atoms with Gasteiger partial charge in [0, 0.05) is 6.20 Å². The van der Waals surface area contributed by atoms with Crippen molar-refractivity contribution in [1.82, 2.24) is 10.4 Å². The van der Waals surface area contributed by atoms with E-state index in [2.05, 4.69) is 55.4 Å². The monoisotopic (exact) mass is 241 g/mol. The number of aryl methyl sites for hydroxylation is 3. The van der Waals surface area contributed by atoms with Gasteiger partial charge in [0.25, 0.3) is 0 Å². The Hall–Kier alpha value is -1.71. The Balaban J connectivity index is 2.48. The standard InChI is InChI=1S/C15H19N3/c1-10-4-5-12(3)13(8-10)15(18-16)14-9-11(2)6-7-17-14/h4-9,15,18H,16H2,1-3H3. The maximum Gasteiger partial charge on any atom is 0.0884 e. The molecule has 3 nitrogen and oxygen atoms in total. The third-order valence-electron chi connectivity index (χ3n) is 3.14. The predicted octanol–water partition coefficient (Wildman–Crippen LogP) is 2.56. The summed E-state index contributed by atoms with van der Waals surface area (Å²) in [5.41, 5.74) is 8.62. The van der Waals surface area contributed by atoms with Crippen molar-refractivity contribution >= 4 is 0 Å². The molecule has 0 spiro atoms. The predicted molar refractivity (Wildman–Crippen MR) is 74.1 cm³/mol. The molecule has 0 aliphatic carbocycles. The molecule has 0 aliphatic rings. The molecule has 94 valence electrons. The number of benzene rings is 1. The third-order valence-corrected chi connectivity index (χ3v) is 3.14. The van der Waals surface area contributed by atoms with Gasteiger partial charge in [-0.05, 0) is 49.6 Å². The van der Waals surface area contributed by atoms with Gasteiger partial charge in [-0.15, -0.1) is 0 Å². The first-order valence-corrected chi connectivity index (χ1v) is 6.07. The van der Waals surface area contributed by atoms with Crippen molar-refractivity contribution in [3.05, 3.63) is 64.5 Å². The fraction of sp³-hybridized carbons (Fsp3) is 0.267. The molecule has 3 heteroatoms. The van der Waals surface area contributed by atoms with Crippen LogP contribution in [0.15, 0.2) is 36.5 Å². The maximum atomic E-state index is 5.72. The second kappa shape index (κ2) is 5.29. The quantitative estimate of drug-likeness (QED) is 0.641. The molecule has 0 aliphatic heterocycles. The average Bonchev–Trinajstić information content (AvgIpc) is 2.35. The minimum atomic E-state index is -0.0650. The molecule has 1 heterocycles. The van der Waals surface area contributed by atoms with E-state index < -0.39 is 0 Å². The number of pyridine rings is 1. The first kappa shape index (κ1) is 12.7. The Kier molecular flexibility index (Phi) is 3.75. The van der Waals surface area contributed by atoms with Gasteiger partial charge in [-0.1, -0.05) is 23.8 Å². The minimum Gasteiger partial charge on any atom is -0.271 e. The molecule has 2 aromatic rings. The van der Waals surface area contributed by atoms with Crippen molar-refractivity contribution in [2.75, 3.05) is 0 Å². The Bertz CT molecular complexity index is 549. The van der Waals surface area contributed by atoms with Crippen LogP contribution < -0.4 is 11.3 Å². The summed E-state index contributed by atoms with van der Waals surface area (Å²) >= 11 is 0. The van der Waals surface area contributed by atoms with Crippen LogP contribution in [0.2, 0.25) is 0 Å². The molecule has 3 N–H and O–H groups in total. The van der Waals surface area contributed by atoms with E-state index in [-0.39, 0.29) is 6.04 Å². The molecular formula is C15H19N3. The van der Waals surface area contributed by atoms with Crippen LogP contribution in [0.3, 0.4) is 0 Å². The van der Waals surface area contributed by atoms with Gasteiger partial charge in [-0.2, -0.15) is 0 Å². The highest BCUT2D eigenvalue weighted by Crippen LogP contribution is 2.24. The lowest BCUT2D eigenvalue weighted by Gasteiger charge is -2.19. The Morgan fingerprint density at radius 3 is 2.44 bits per heavy atom. The summed E-state index contributed by atoms with van der Waals surface area (Å²) in [7, 11) is 0. The molecule has 0 fully saturated rings. The smallest absolute Gasteiger partial charge is 0.0884 e. The minimum absolute atomic E-state index is 0.0650. The molecule has 1 aromatic carbocycles. The zero-order valence-corrected chi connectivity index (χ0v) is 11.1. The van der Waals surface area contributed by atoms with Gasteiger partial charge in [0.1, 0.15) is 0 Å². The van der Waals surface area contributed by atoms with E-state index in [4.69, 9.17) is 5.84 Å². The van der Waals surface area contributed by atoms with E-state index in [0.717, 1.165) is 5.69 Å². The summed E-state index contributed by atoms with van der Waals surface area (Å²) in [4.78, 5) is 4.42. The molecule has 18 heavy (non-hydrogen) atoms. The van der Waals surface area contributed by atoms with Crippen LogP contribution in [0.4, 0.5) is 0 Å². The number of hydrogen-bond donors (Lipinski definition) is 2. The molecule has 0 saturated carbocycles. The fourth-order valence-electron chi connectivity index (χ4n) is 2.12. The number of nitrogens with zero attached hydrogens (tertiary/aromatic N) is 1. The number of nitrogens with two attached hydrogens (primary N) is 1. The van der Waals surface area contributed by atoms with Crippen molar-refractivity contribution in [3.63, 3.8) is 0 Å². The van der Waals surface area contributed by atoms with E-state index in [1.807, 2.05) is 12.3 Å². The second-order valence-corrected chi connectivity index (χ2v) is 4.72. The average molecular weight is 241 g/mol. The highest BCUT2D eigenvalue weighted by Gasteiger charge is 2.16. The lowest BCUT2D eigenvalue weighted by Crippen LogP contribution is -2.30. The lowest BCUT2D eigenvalue weighted by molar-refractivity contribution is 0.617. The van der Waals surface area contributed by atoms with Gasteiger partial charge in [-0.3, -0.25) is 10.8 Å². The van der Waals surface area contributed by atoms with E-state index in [0.29, 0.717) is 0 Å².